The molecule has 0 fully saturated rings. The van der Waals surface area contributed by atoms with Crippen LogP contribution in [0.2, 0.25) is 0 Å². The van der Waals surface area contributed by atoms with Crippen molar-refractivity contribution in [2.24, 2.45) is 0 Å². The molecule has 0 aliphatic carbocycles. The maximum absolute atomic E-state index is 2.40. The smallest absolute Gasteiger partial charge is 0.0547 e. The first kappa shape index (κ1) is 27.9. The molecular formula is C46H32N2. The summed E-state index contributed by atoms with van der Waals surface area (Å²) in [5.41, 5.74) is 11.8. The molecule has 0 unspecified atom stereocenters. The molecule has 0 saturated heterocycles. The van der Waals surface area contributed by atoms with E-state index >= 15 is 0 Å². The van der Waals surface area contributed by atoms with Crippen molar-refractivity contribution < 1.29 is 0 Å². The van der Waals surface area contributed by atoms with Gasteiger partial charge in [-0.1, -0.05) is 133 Å². The molecule has 48 heavy (non-hydrogen) atoms. The van der Waals surface area contributed by atoms with Crippen molar-refractivity contribution in [2.75, 3.05) is 4.90 Å². The molecule has 0 spiro atoms. The van der Waals surface area contributed by atoms with Gasteiger partial charge >= 0.3 is 0 Å². The van der Waals surface area contributed by atoms with Gasteiger partial charge in [-0.05, 0) is 93.7 Å². The Morgan fingerprint density at radius 3 is 1.73 bits per heavy atom. The van der Waals surface area contributed by atoms with Crippen molar-refractivity contribution in [2.45, 2.75) is 0 Å². The van der Waals surface area contributed by atoms with Crippen LogP contribution < -0.4 is 4.90 Å². The van der Waals surface area contributed by atoms with Crippen molar-refractivity contribution in [1.29, 1.82) is 0 Å². The molecule has 9 aromatic rings. The lowest BCUT2D eigenvalue weighted by atomic mass is 9.98. The Morgan fingerprint density at radius 1 is 0.354 bits per heavy atom. The summed E-state index contributed by atoms with van der Waals surface area (Å²) < 4.78 is 2.40. The van der Waals surface area contributed by atoms with Gasteiger partial charge in [0.15, 0.2) is 0 Å². The van der Waals surface area contributed by atoms with Crippen molar-refractivity contribution in [3.8, 4) is 27.9 Å². The highest BCUT2D eigenvalue weighted by Gasteiger charge is 2.19. The predicted octanol–water partition coefficient (Wildman–Crippen LogP) is 12.7. The molecule has 8 aromatic carbocycles. The Kier molecular flexibility index (Phi) is 6.84. The minimum atomic E-state index is 1.11. The number of benzene rings is 8. The Balaban J connectivity index is 1.25. The molecule has 2 heteroatoms. The van der Waals surface area contributed by atoms with Crippen LogP contribution in [-0.4, -0.2) is 4.57 Å². The van der Waals surface area contributed by atoms with E-state index in [0.29, 0.717) is 0 Å². The van der Waals surface area contributed by atoms with Crippen molar-refractivity contribution >= 4 is 49.6 Å². The van der Waals surface area contributed by atoms with Crippen LogP contribution in [0.15, 0.2) is 194 Å². The van der Waals surface area contributed by atoms with Gasteiger partial charge in [0.25, 0.3) is 0 Å². The number of hydrogen-bond donors (Lipinski definition) is 0. The molecule has 1 aromatic heterocycles. The fourth-order valence-corrected chi connectivity index (χ4v) is 7.20. The lowest BCUT2D eigenvalue weighted by molar-refractivity contribution is 1.18. The molecule has 0 bridgehead atoms. The van der Waals surface area contributed by atoms with Gasteiger partial charge in [-0.25, -0.2) is 0 Å². The summed E-state index contributed by atoms with van der Waals surface area (Å²) >= 11 is 0. The van der Waals surface area contributed by atoms with Crippen molar-refractivity contribution in [1.82, 2.24) is 4.57 Å². The maximum Gasteiger partial charge on any atom is 0.0547 e. The largest absolute Gasteiger partial charge is 0.310 e. The molecule has 1 heterocycles. The van der Waals surface area contributed by atoms with E-state index in [1.165, 1.54) is 54.8 Å². The first-order valence-corrected chi connectivity index (χ1v) is 16.4. The van der Waals surface area contributed by atoms with Crippen molar-refractivity contribution in [3.63, 3.8) is 0 Å². The number of anilines is 3. The Bertz CT molecular complexity index is 2530. The molecule has 0 saturated carbocycles. The van der Waals surface area contributed by atoms with Crippen molar-refractivity contribution in [3.05, 3.63) is 194 Å². The Hall–Kier alpha value is -6.38. The Labute approximate surface area is 280 Å². The lowest BCUT2D eigenvalue weighted by Crippen LogP contribution is -2.09. The van der Waals surface area contributed by atoms with Crippen LogP contribution in [0.3, 0.4) is 0 Å². The van der Waals surface area contributed by atoms with E-state index in [9.17, 15) is 0 Å². The molecule has 0 aliphatic rings. The fraction of sp³-hybridized carbons (Fsp3) is 0. The summed E-state index contributed by atoms with van der Waals surface area (Å²) in [5.74, 6) is 0. The van der Waals surface area contributed by atoms with E-state index in [4.69, 9.17) is 0 Å². The zero-order chi connectivity index (χ0) is 31.9. The number of nitrogens with zero attached hydrogens (tertiary/aromatic N) is 2. The van der Waals surface area contributed by atoms with Gasteiger partial charge in [0.2, 0.25) is 0 Å². The molecule has 0 amide bonds. The van der Waals surface area contributed by atoms with E-state index in [2.05, 4.69) is 204 Å². The second kappa shape index (κ2) is 11.8. The van der Waals surface area contributed by atoms with E-state index in [-0.39, 0.29) is 0 Å². The van der Waals surface area contributed by atoms with Gasteiger partial charge in [0.05, 0.1) is 11.0 Å². The molecule has 0 aliphatic heterocycles. The highest BCUT2D eigenvalue weighted by molar-refractivity contribution is 6.16. The predicted molar refractivity (Wildman–Crippen MR) is 204 cm³/mol. The summed E-state index contributed by atoms with van der Waals surface area (Å²) in [7, 11) is 0. The second-order valence-electron chi connectivity index (χ2n) is 12.2. The Morgan fingerprint density at radius 2 is 0.938 bits per heavy atom. The first-order valence-electron chi connectivity index (χ1n) is 16.4. The normalized spacial score (nSPS) is 11.3. The molecule has 0 N–H and O–H groups in total. The van der Waals surface area contributed by atoms with Crippen LogP contribution in [-0.2, 0) is 0 Å². The molecule has 9 rings (SSSR count). The monoisotopic (exact) mass is 612 g/mol. The number of fused-ring (bicyclic) bond motifs is 4. The first-order chi connectivity index (χ1) is 23.8. The van der Waals surface area contributed by atoms with Gasteiger partial charge in [-0.2, -0.15) is 0 Å². The number of rotatable bonds is 6. The highest BCUT2D eigenvalue weighted by Crippen LogP contribution is 2.43. The molecule has 0 radical (unpaired) electrons. The average molecular weight is 613 g/mol. The van der Waals surface area contributed by atoms with E-state index in [0.717, 1.165) is 22.7 Å². The fourth-order valence-electron chi connectivity index (χ4n) is 7.20. The highest BCUT2D eigenvalue weighted by atomic mass is 15.1. The number of hydrogen-bond acceptors (Lipinski definition) is 1. The minimum absolute atomic E-state index is 1.11. The topological polar surface area (TPSA) is 8.17 Å². The third kappa shape index (κ3) is 4.74. The van der Waals surface area contributed by atoms with Gasteiger partial charge in [-0.15, -0.1) is 0 Å². The van der Waals surface area contributed by atoms with Crippen LogP contribution in [0.25, 0.3) is 60.5 Å². The van der Waals surface area contributed by atoms with E-state index in [1.54, 1.807) is 0 Å². The molecule has 0 atom stereocenters. The van der Waals surface area contributed by atoms with Gasteiger partial charge in [-0.3, -0.25) is 0 Å². The van der Waals surface area contributed by atoms with Crippen LogP contribution >= 0.6 is 0 Å². The van der Waals surface area contributed by atoms with Gasteiger partial charge < -0.3 is 9.47 Å². The molecular weight excluding hydrogens is 581 g/mol. The number of para-hydroxylation sites is 2. The zero-order valence-electron chi connectivity index (χ0n) is 26.4. The van der Waals surface area contributed by atoms with Crippen LogP contribution in [0.1, 0.15) is 0 Å². The summed E-state index contributed by atoms with van der Waals surface area (Å²) in [4.78, 5) is 2.36. The standard InChI is InChI=1S/C46H32N2/c1-4-14-34(15-5-1)42-24-13-25-45-46(42)43-32-39(30-31-44(43)48(45)37-20-8-3-9-21-37)47(36-18-6-2-7-19-36)38-28-26-35(27-29-38)41-23-12-17-33-16-10-11-22-40(33)41/h1-32H. The second-order valence-corrected chi connectivity index (χ2v) is 12.2. The summed E-state index contributed by atoms with van der Waals surface area (Å²) in [6.07, 6.45) is 0. The van der Waals surface area contributed by atoms with E-state index < -0.39 is 0 Å². The van der Waals surface area contributed by atoms with Gasteiger partial charge in [0.1, 0.15) is 0 Å². The third-order valence-electron chi connectivity index (χ3n) is 9.37. The minimum Gasteiger partial charge on any atom is -0.310 e. The number of aromatic nitrogens is 1. The summed E-state index contributed by atoms with van der Waals surface area (Å²) in [6.45, 7) is 0. The van der Waals surface area contributed by atoms with Crippen LogP contribution in [0, 0.1) is 0 Å². The average Bonchev–Trinajstić information content (AvgIpc) is 3.50. The molecule has 226 valence electrons. The summed E-state index contributed by atoms with van der Waals surface area (Å²) in [6, 6.07) is 69.8. The quantitative estimate of drug-likeness (QED) is 0.181. The molecule has 2 nitrogen and oxygen atoms in total. The summed E-state index contributed by atoms with van der Waals surface area (Å²) in [5, 5.41) is 4.99. The van der Waals surface area contributed by atoms with Crippen LogP contribution in [0.4, 0.5) is 17.1 Å². The van der Waals surface area contributed by atoms with E-state index in [1.807, 2.05) is 0 Å². The zero-order valence-corrected chi connectivity index (χ0v) is 26.4. The third-order valence-corrected chi connectivity index (χ3v) is 9.37. The van der Waals surface area contributed by atoms with Gasteiger partial charge in [0, 0.05) is 33.5 Å². The maximum atomic E-state index is 2.40. The van der Waals surface area contributed by atoms with Crippen LogP contribution in [0.5, 0.6) is 0 Å². The SMILES string of the molecule is c1ccc(-c2cccc3c2c2cc(N(c4ccccc4)c4ccc(-c5cccc6ccccc56)cc4)ccc2n3-c2ccccc2)cc1. The lowest BCUT2D eigenvalue weighted by Gasteiger charge is -2.26.